The average Bonchev–Trinajstić information content (AvgIpc) is 2.96. The number of anilines is 3. The van der Waals surface area contributed by atoms with Crippen molar-refractivity contribution >= 4 is 49.0 Å². The number of nitrogens with two attached hydrogens (primary N) is 3. The maximum absolute atomic E-state index is 13.1. The molecule has 1 aromatic heterocycles. The van der Waals surface area contributed by atoms with Gasteiger partial charge in [-0.1, -0.05) is 0 Å². The fourth-order valence-corrected chi connectivity index (χ4v) is 6.41. The largest absolute Gasteiger partial charge is 0.456 e. The second-order valence-electron chi connectivity index (χ2n) is 11.5. The molecule has 16 heteroatoms. The number of nitrogens with zero attached hydrogens (tertiary/aromatic N) is 2. The molecule has 250 valence electrons. The predicted octanol–water partition coefficient (Wildman–Crippen LogP) is 1.75. The molecule has 0 aliphatic heterocycles. The summed E-state index contributed by atoms with van der Waals surface area (Å²) < 4.78 is 59.0. The highest BCUT2D eigenvalue weighted by Gasteiger charge is 2.23. The maximum atomic E-state index is 13.1. The number of carbonyl (C=O) groups excluding carboxylic acids is 2. The molecule has 0 saturated carbocycles. The lowest BCUT2D eigenvalue weighted by molar-refractivity contribution is -0.120. The average molecular weight is 676 g/mol. The topological polar surface area (TPSA) is 230 Å². The molecule has 1 amide bonds. The highest BCUT2D eigenvalue weighted by atomic mass is 32.2. The van der Waals surface area contributed by atoms with Crippen LogP contribution in [0, 0.1) is 0 Å². The molecule has 0 aliphatic carbocycles. The van der Waals surface area contributed by atoms with Crippen LogP contribution in [0.15, 0.2) is 64.6 Å². The third kappa shape index (κ3) is 10.1. The van der Waals surface area contributed by atoms with E-state index in [4.69, 9.17) is 21.3 Å². The molecule has 0 aliphatic rings. The first-order valence-corrected chi connectivity index (χ1v) is 17.4. The lowest BCUT2D eigenvalue weighted by Crippen LogP contribution is -2.31. The van der Waals surface area contributed by atoms with Crippen molar-refractivity contribution in [1.82, 2.24) is 10.3 Å². The smallest absolute Gasteiger partial charge is 0.340 e. The number of pyridine rings is 1. The SMILES string of the molecule is CN(CCC(=O)NCCc1c(S(N)(=O)=O)ccc(NS(=O)(=O)c2ccc(N)cc2)c1CCN)c1cncc(C(=O)OC(C)(C)C)c1. The first-order valence-electron chi connectivity index (χ1n) is 14.3. The number of hydrogen-bond acceptors (Lipinski definition) is 11. The molecule has 0 fully saturated rings. The van der Waals surface area contributed by atoms with Crippen LogP contribution in [0.4, 0.5) is 17.1 Å². The minimum atomic E-state index is -4.20. The van der Waals surface area contributed by atoms with E-state index in [1.807, 2.05) is 0 Å². The van der Waals surface area contributed by atoms with Crippen molar-refractivity contribution in [3.8, 4) is 0 Å². The van der Waals surface area contributed by atoms with E-state index in [-0.39, 0.29) is 71.4 Å². The zero-order valence-corrected chi connectivity index (χ0v) is 27.9. The van der Waals surface area contributed by atoms with Crippen LogP contribution in [-0.2, 0) is 42.4 Å². The van der Waals surface area contributed by atoms with Gasteiger partial charge in [0.15, 0.2) is 0 Å². The van der Waals surface area contributed by atoms with E-state index in [0.29, 0.717) is 16.9 Å². The molecular weight excluding hydrogens is 635 g/mol. The van der Waals surface area contributed by atoms with Crippen LogP contribution in [0.3, 0.4) is 0 Å². The Morgan fingerprint density at radius 3 is 2.26 bits per heavy atom. The van der Waals surface area contributed by atoms with Crippen molar-refractivity contribution in [1.29, 1.82) is 0 Å². The number of sulfonamides is 2. The third-order valence-electron chi connectivity index (χ3n) is 6.69. The van der Waals surface area contributed by atoms with Crippen molar-refractivity contribution in [2.45, 2.75) is 55.4 Å². The first kappa shape index (κ1) is 36.2. The van der Waals surface area contributed by atoms with Crippen molar-refractivity contribution in [3.63, 3.8) is 0 Å². The molecule has 46 heavy (non-hydrogen) atoms. The Kier molecular flexibility index (Phi) is 11.7. The molecule has 14 nitrogen and oxygen atoms in total. The van der Waals surface area contributed by atoms with E-state index in [1.165, 1.54) is 42.6 Å². The van der Waals surface area contributed by atoms with Crippen LogP contribution < -0.4 is 31.5 Å². The zero-order valence-electron chi connectivity index (χ0n) is 26.2. The zero-order chi connectivity index (χ0) is 34.3. The van der Waals surface area contributed by atoms with Crippen LogP contribution in [0.5, 0.6) is 0 Å². The molecule has 8 N–H and O–H groups in total. The Balaban J connectivity index is 1.73. The summed E-state index contributed by atoms with van der Waals surface area (Å²) in [5.41, 5.74) is 12.8. The summed E-state index contributed by atoms with van der Waals surface area (Å²) in [7, 11) is -6.51. The van der Waals surface area contributed by atoms with Gasteiger partial charge in [0.2, 0.25) is 15.9 Å². The van der Waals surface area contributed by atoms with E-state index in [2.05, 4.69) is 15.0 Å². The molecule has 0 bridgehead atoms. The fourth-order valence-electron chi connectivity index (χ4n) is 4.49. The monoisotopic (exact) mass is 675 g/mol. The summed E-state index contributed by atoms with van der Waals surface area (Å²) in [4.78, 5) is 30.8. The number of nitrogens with one attached hydrogen (secondary N) is 2. The number of aromatic nitrogens is 1. The van der Waals surface area contributed by atoms with Gasteiger partial charge in [-0.15, -0.1) is 0 Å². The number of primary sulfonamides is 1. The van der Waals surface area contributed by atoms with Gasteiger partial charge in [0.05, 0.1) is 32.9 Å². The Labute approximate surface area is 269 Å². The van der Waals surface area contributed by atoms with E-state index in [9.17, 15) is 26.4 Å². The van der Waals surface area contributed by atoms with E-state index >= 15 is 0 Å². The summed E-state index contributed by atoms with van der Waals surface area (Å²) in [6, 6.07) is 9.77. The molecule has 0 radical (unpaired) electrons. The molecule has 0 unspecified atom stereocenters. The molecule has 3 rings (SSSR count). The highest BCUT2D eigenvalue weighted by molar-refractivity contribution is 7.92. The molecule has 0 saturated heterocycles. The Morgan fingerprint density at radius 1 is 0.978 bits per heavy atom. The van der Waals surface area contributed by atoms with Gasteiger partial charge in [0.25, 0.3) is 10.0 Å². The van der Waals surface area contributed by atoms with Gasteiger partial charge >= 0.3 is 5.97 Å². The van der Waals surface area contributed by atoms with Crippen molar-refractivity contribution in [3.05, 3.63) is 71.5 Å². The molecule has 2 aromatic carbocycles. The second-order valence-corrected chi connectivity index (χ2v) is 14.7. The third-order valence-corrected chi connectivity index (χ3v) is 9.07. The molecule has 0 spiro atoms. The highest BCUT2D eigenvalue weighted by Crippen LogP contribution is 2.29. The first-order chi connectivity index (χ1) is 21.4. The number of amides is 1. The lowest BCUT2D eigenvalue weighted by atomic mass is 9.99. The summed E-state index contributed by atoms with van der Waals surface area (Å²) >= 11 is 0. The molecule has 3 aromatic rings. The minimum Gasteiger partial charge on any atom is -0.456 e. The number of nitrogen functional groups attached to an aromatic ring is 1. The quantitative estimate of drug-likeness (QED) is 0.122. The minimum absolute atomic E-state index is 0.0297. The van der Waals surface area contributed by atoms with E-state index < -0.39 is 31.6 Å². The number of carbonyl (C=O) groups is 2. The van der Waals surface area contributed by atoms with Gasteiger partial charge in [0, 0.05) is 38.4 Å². The fraction of sp³-hybridized carbons (Fsp3) is 0.367. The van der Waals surface area contributed by atoms with Crippen LogP contribution >= 0.6 is 0 Å². The summed E-state index contributed by atoms with van der Waals surface area (Å²) in [5, 5.41) is 8.26. The Morgan fingerprint density at radius 2 is 1.65 bits per heavy atom. The Bertz CT molecular complexity index is 1770. The van der Waals surface area contributed by atoms with Gasteiger partial charge < -0.3 is 26.4 Å². The van der Waals surface area contributed by atoms with Crippen LogP contribution in [0.1, 0.15) is 48.7 Å². The number of hydrogen-bond donors (Lipinski definition) is 5. The van der Waals surface area contributed by atoms with Crippen molar-refractivity contribution in [2.75, 3.05) is 42.0 Å². The van der Waals surface area contributed by atoms with Crippen LogP contribution in [0.25, 0.3) is 0 Å². The van der Waals surface area contributed by atoms with Gasteiger partial charge in [-0.2, -0.15) is 0 Å². The second kappa shape index (κ2) is 14.9. The number of ether oxygens (including phenoxy) is 1. The summed E-state index contributed by atoms with van der Waals surface area (Å²) in [6.45, 7) is 5.70. The molecular formula is C30H41N7O7S2. The van der Waals surface area contributed by atoms with Crippen molar-refractivity contribution < 1.29 is 31.2 Å². The molecule has 0 atom stereocenters. The lowest BCUT2D eigenvalue weighted by Gasteiger charge is -2.21. The summed E-state index contributed by atoms with van der Waals surface area (Å²) in [6.07, 6.45) is 3.21. The Hall–Kier alpha value is -4.25. The summed E-state index contributed by atoms with van der Waals surface area (Å²) in [5.74, 6) is -0.830. The van der Waals surface area contributed by atoms with E-state index in [1.54, 1.807) is 45.0 Å². The van der Waals surface area contributed by atoms with Gasteiger partial charge in [-0.3, -0.25) is 14.5 Å². The van der Waals surface area contributed by atoms with Gasteiger partial charge in [-0.25, -0.2) is 26.8 Å². The van der Waals surface area contributed by atoms with Gasteiger partial charge in [-0.05, 0) is 93.7 Å². The van der Waals surface area contributed by atoms with Crippen LogP contribution in [-0.4, -0.2) is 66.0 Å². The maximum Gasteiger partial charge on any atom is 0.340 e. The molecule has 1 heterocycles. The normalized spacial score (nSPS) is 12.0. The number of esters is 1. The standard InChI is InChI=1S/C30H41N7O7S2/c1-30(2,3)44-29(39)20-17-22(19-34-18-20)37(4)16-13-28(38)35-15-12-25-24(11-14-31)26(9-10-27(25)45(33,40)41)36-46(42,43)23-7-5-21(32)6-8-23/h5-10,17-19,36H,11-16,31-32H2,1-4H3,(H,35,38)(H2,33,40,41). The van der Waals surface area contributed by atoms with Crippen LogP contribution in [0.2, 0.25) is 0 Å². The number of benzene rings is 2. The predicted molar refractivity (Wildman–Crippen MR) is 176 cm³/mol. The number of rotatable bonds is 14. The van der Waals surface area contributed by atoms with Crippen molar-refractivity contribution in [2.24, 2.45) is 10.9 Å². The van der Waals surface area contributed by atoms with Gasteiger partial charge in [0.1, 0.15) is 5.60 Å². The van der Waals surface area contributed by atoms with E-state index in [0.717, 1.165) is 0 Å².